The molecule has 38 heavy (non-hydrogen) atoms. The van der Waals surface area contributed by atoms with Crippen LogP contribution in [-0.2, 0) is 32.1 Å². The van der Waals surface area contributed by atoms with Crippen LogP contribution in [0.15, 0.2) is 53.9 Å². The number of hydrogen-bond acceptors (Lipinski definition) is 6. The zero-order valence-electron chi connectivity index (χ0n) is 22.4. The third-order valence-electron chi connectivity index (χ3n) is 7.64. The van der Waals surface area contributed by atoms with E-state index in [0.717, 1.165) is 16.2 Å². The predicted molar refractivity (Wildman–Crippen MR) is 145 cm³/mol. The predicted octanol–water partition coefficient (Wildman–Crippen LogP) is 3.07. The van der Waals surface area contributed by atoms with Gasteiger partial charge in [0.2, 0.25) is 17.7 Å². The van der Waals surface area contributed by atoms with Crippen LogP contribution in [0.5, 0.6) is 5.75 Å². The number of nitrogens with zero attached hydrogens (tertiary/aromatic N) is 1. The summed E-state index contributed by atoms with van der Waals surface area (Å²) in [4.78, 5) is 44.1. The first-order valence-electron chi connectivity index (χ1n) is 12.9. The Morgan fingerprint density at radius 3 is 2.50 bits per heavy atom. The zero-order valence-corrected chi connectivity index (χ0v) is 23.3. The van der Waals surface area contributed by atoms with Crippen LogP contribution in [0.3, 0.4) is 0 Å². The van der Waals surface area contributed by atoms with Crippen LogP contribution in [0, 0.1) is 11.8 Å². The molecule has 202 valence electrons. The Morgan fingerprint density at radius 2 is 1.87 bits per heavy atom. The minimum atomic E-state index is -1.20. The van der Waals surface area contributed by atoms with E-state index < -0.39 is 34.6 Å². The number of carbonyl (C=O) groups is 3. The van der Waals surface area contributed by atoms with Gasteiger partial charge >= 0.3 is 0 Å². The second-order valence-electron chi connectivity index (χ2n) is 11.5. The van der Waals surface area contributed by atoms with E-state index in [1.807, 2.05) is 81.6 Å². The van der Waals surface area contributed by atoms with Crippen molar-refractivity contribution in [3.63, 3.8) is 0 Å². The molecular weight excluding hydrogens is 502 g/mol. The van der Waals surface area contributed by atoms with E-state index in [1.165, 1.54) is 0 Å². The van der Waals surface area contributed by atoms with Gasteiger partial charge in [-0.15, -0.1) is 11.3 Å². The van der Waals surface area contributed by atoms with Crippen molar-refractivity contribution in [2.75, 3.05) is 13.7 Å². The van der Waals surface area contributed by atoms with Crippen molar-refractivity contribution in [1.82, 2.24) is 15.5 Å². The Labute approximate surface area is 227 Å². The summed E-state index contributed by atoms with van der Waals surface area (Å²) < 4.78 is 11.8. The number of carbonyl (C=O) groups excluding carboxylic acids is 3. The minimum Gasteiger partial charge on any atom is -0.497 e. The maximum atomic E-state index is 14.1. The molecule has 0 radical (unpaired) electrons. The van der Waals surface area contributed by atoms with Crippen molar-refractivity contribution in [3.05, 3.63) is 64.4 Å². The Bertz CT molecular complexity index is 1250. The molecule has 8 nitrogen and oxygen atoms in total. The summed E-state index contributed by atoms with van der Waals surface area (Å²) in [5.41, 5.74) is -1.66. The Balaban J connectivity index is 1.45. The van der Waals surface area contributed by atoms with E-state index in [9.17, 15) is 14.4 Å². The second kappa shape index (κ2) is 9.54. The van der Waals surface area contributed by atoms with E-state index in [2.05, 4.69) is 10.6 Å². The molecule has 2 fully saturated rings. The van der Waals surface area contributed by atoms with Gasteiger partial charge in [0.15, 0.2) is 0 Å². The molecule has 2 N–H and O–H groups in total. The van der Waals surface area contributed by atoms with Crippen LogP contribution in [0.4, 0.5) is 0 Å². The highest BCUT2D eigenvalue weighted by atomic mass is 32.1. The van der Waals surface area contributed by atoms with Crippen LogP contribution >= 0.6 is 11.3 Å². The van der Waals surface area contributed by atoms with Gasteiger partial charge in [-0.1, -0.05) is 30.4 Å². The number of methoxy groups -OCH3 is 1. The smallest absolute Gasteiger partial charge is 0.246 e. The molecule has 3 aliphatic rings. The van der Waals surface area contributed by atoms with Gasteiger partial charge in [0, 0.05) is 17.0 Å². The normalized spacial score (nSPS) is 29.4. The van der Waals surface area contributed by atoms with E-state index >= 15 is 0 Å². The third-order valence-corrected chi connectivity index (χ3v) is 8.52. The number of hydrogen-bond donors (Lipinski definition) is 2. The van der Waals surface area contributed by atoms with E-state index in [4.69, 9.17) is 9.47 Å². The molecule has 0 aliphatic carbocycles. The quantitative estimate of drug-likeness (QED) is 0.505. The van der Waals surface area contributed by atoms with Crippen LogP contribution in [0.1, 0.15) is 38.1 Å². The molecule has 5 atom stereocenters. The standard InChI is InChI=1S/C29H35N3O5S/c1-27(2,3)31-25(34)23-29-14-13-28(4,37-29)21(24(33)30-17-20-7-6-16-38-20)22(29)26(35)32(23)15-12-18-8-10-19(36-5)11-9-18/h6-11,13-14,16,21-23H,12,15,17H2,1-5H3,(H,30,33)(H,31,34)/t21-,22+,23-,28-,29+/m1/s1. The van der Waals surface area contributed by atoms with Crippen LogP contribution in [0.25, 0.3) is 0 Å². The molecule has 1 spiro atoms. The van der Waals surface area contributed by atoms with Gasteiger partial charge in [0.05, 0.1) is 31.1 Å². The van der Waals surface area contributed by atoms with Gasteiger partial charge in [0.25, 0.3) is 0 Å². The maximum absolute atomic E-state index is 14.1. The minimum absolute atomic E-state index is 0.225. The Hall–Kier alpha value is -3.17. The number of rotatable bonds is 8. The summed E-state index contributed by atoms with van der Waals surface area (Å²) in [7, 11) is 1.62. The molecule has 9 heteroatoms. The molecule has 0 saturated carbocycles. The molecule has 2 saturated heterocycles. The average Bonchev–Trinajstić information content (AvgIpc) is 3.60. The number of ether oxygens (including phenoxy) is 2. The Morgan fingerprint density at radius 1 is 1.13 bits per heavy atom. The first-order valence-corrected chi connectivity index (χ1v) is 13.8. The van der Waals surface area contributed by atoms with E-state index in [0.29, 0.717) is 19.5 Å². The number of likely N-dealkylation sites (tertiary alicyclic amines) is 1. The highest BCUT2D eigenvalue weighted by molar-refractivity contribution is 7.09. The lowest BCUT2D eigenvalue weighted by Gasteiger charge is -2.35. The number of fused-ring (bicyclic) bond motifs is 1. The van der Waals surface area contributed by atoms with Crippen molar-refractivity contribution in [2.45, 2.75) is 63.4 Å². The number of benzene rings is 1. The Kier molecular flexibility index (Phi) is 6.64. The molecule has 3 amide bonds. The monoisotopic (exact) mass is 537 g/mol. The molecule has 0 unspecified atom stereocenters. The van der Waals surface area contributed by atoms with Gasteiger partial charge in [-0.25, -0.2) is 0 Å². The average molecular weight is 538 g/mol. The SMILES string of the molecule is COc1ccc(CCN2C(=O)[C@@H]3[C@H](C(=O)NCc4cccs4)[C@@]4(C)C=C[C@@]3(O4)[C@H]2C(=O)NC(C)(C)C)cc1. The summed E-state index contributed by atoms with van der Waals surface area (Å²) in [6.07, 6.45) is 4.25. The summed E-state index contributed by atoms with van der Waals surface area (Å²) in [5.74, 6) is -1.52. The van der Waals surface area contributed by atoms with Crippen molar-refractivity contribution in [3.8, 4) is 5.75 Å². The molecule has 2 bridgehead atoms. The van der Waals surface area contributed by atoms with Crippen LogP contribution in [0.2, 0.25) is 0 Å². The fourth-order valence-corrected chi connectivity index (χ4v) is 6.69. The lowest BCUT2D eigenvalue weighted by molar-refractivity contribution is -0.145. The first-order chi connectivity index (χ1) is 18.0. The largest absolute Gasteiger partial charge is 0.497 e. The highest BCUT2D eigenvalue weighted by Gasteiger charge is 2.76. The fraction of sp³-hybridized carbons (Fsp3) is 0.483. The first kappa shape index (κ1) is 26.4. The molecule has 5 rings (SSSR count). The van der Waals surface area contributed by atoms with E-state index in [-0.39, 0.29) is 17.7 Å². The molecule has 2 aromatic rings. The fourth-order valence-electron chi connectivity index (χ4n) is 6.05. The number of thiophene rings is 1. The number of nitrogens with one attached hydrogen (secondary N) is 2. The molecule has 3 aliphatic heterocycles. The summed E-state index contributed by atoms with van der Waals surface area (Å²) in [6, 6.07) is 10.7. The maximum Gasteiger partial charge on any atom is 0.246 e. The lowest BCUT2D eigenvalue weighted by atomic mass is 9.70. The van der Waals surface area contributed by atoms with Crippen molar-refractivity contribution in [2.24, 2.45) is 11.8 Å². The topological polar surface area (TPSA) is 97.0 Å². The van der Waals surface area contributed by atoms with Crippen molar-refractivity contribution in [1.29, 1.82) is 0 Å². The van der Waals surface area contributed by atoms with Gasteiger partial charge in [-0.3, -0.25) is 14.4 Å². The molecule has 1 aromatic carbocycles. The van der Waals surface area contributed by atoms with Gasteiger partial charge in [-0.05, 0) is 63.3 Å². The molecular formula is C29H35N3O5S. The molecule has 1 aromatic heterocycles. The summed E-state index contributed by atoms with van der Waals surface area (Å²) >= 11 is 1.56. The number of amides is 3. The lowest BCUT2D eigenvalue weighted by Crippen LogP contribution is -2.58. The van der Waals surface area contributed by atoms with Crippen molar-refractivity contribution < 1.29 is 23.9 Å². The van der Waals surface area contributed by atoms with Crippen molar-refractivity contribution >= 4 is 29.1 Å². The second-order valence-corrected chi connectivity index (χ2v) is 12.5. The van der Waals surface area contributed by atoms with Crippen LogP contribution < -0.4 is 15.4 Å². The summed E-state index contributed by atoms with van der Waals surface area (Å²) in [6.45, 7) is 8.26. The highest BCUT2D eigenvalue weighted by Crippen LogP contribution is 2.59. The molecule has 4 heterocycles. The van der Waals surface area contributed by atoms with Crippen LogP contribution in [-0.4, -0.2) is 59.1 Å². The zero-order chi connectivity index (χ0) is 27.3. The van der Waals surface area contributed by atoms with Gasteiger partial charge < -0.3 is 25.0 Å². The summed E-state index contributed by atoms with van der Waals surface area (Å²) in [5, 5.41) is 8.02. The van der Waals surface area contributed by atoms with Gasteiger partial charge in [0.1, 0.15) is 17.4 Å². The third kappa shape index (κ3) is 4.52. The van der Waals surface area contributed by atoms with Gasteiger partial charge in [-0.2, -0.15) is 0 Å². The van der Waals surface area contributed by atoms with E-state index in [1.54, 1.807) is 23.3 Å².